The number of unbranched alkanes of at least 4 members (excludes halogenated alkanes) is 2. The summed E-state index contributed by atoms with van der Waals surface area (Å²) in [5.74, 6) is 0.287. The average Bonchev–Trinajstić information content (AvgIpc) is 1.78. The van der Waals surface area contributed by atoms with Crippen LogP contribution in [0.4, 0.5) is 0 Å². The lowest BCUT2D eigenvalue weighted by Gasteiger charge is -1.94. The predicted molar refractivity (Wildman–Crippen MR) is 40.7 cm³/mol. The fraction of sp³-hybridized carbons (Fsp3) is 0.800. The van der Waals surface area contributed by atoms with E-state index >= 15 is 0 Å². The molecule has 0 unspecified atom stereocenters. The summed E-state index contributed by atoms with van der Waals surface area (Å²) in [6.45, 7) is 0. The van der Waals surface area contributed by atoms with Gasteiger partial charge in [0.1, 0.15) is 0 Å². The minimum absolute atomic E-state index is 0.204. The molecule has 0 amide bonds. The van der Waals surface area contributed by atoms with Crippen LogP contribution in [0.3, 0.4) is 0 Å². The average molecular weight is 186 g/mol. The number of hydrogen-bond donors (Lipinski definition) is 1. The van der Waals surface area contributed by atoms with Crippen LogP contribution in [0.25, 0.3) is 0 Å². The molecule has 61 valence electrons. The van der Waals surface area contributed by atoms with Gasteiger partial charge in [-0.05, 0) is 19.3 Å². The lowest BCUT2D eigenvalue weighted by Crippen LogP contribution is -2.03. The molecule has 0 bridgehead atoms. The van der Waals surface area contributed by atoms with Crippen molar-refractivity contribution in [3.8, 4) is 0 Å². The van der Waals surface area contributed by atoms with Gasteiger partial charge in [0, 0.05) is 5.88 Å². The second-order valence-corrected chi connectivity index (χ2v) is 3.79. The van der Waals surface area contributed by atoms with Crippen molar-refractivity contribution < 1.29 is 13.0 Å². The zero-order chi connectivity index (χ0) is 8.04. The minimum atomic E-state index is -3.78. The third-order valence-corrected chi connectivity index (χ3v) is 1.86. The van der Waals surface area contributed by atoms with E-state index in [0.717, 1.165) is 0 Å². The second-order valence-electron chi connectivity index (χ2n) is 1.84. The molecule has 1 N–H and O–H groups in total. The molecule has 0 fully saturated rings. The summed E-state index contributed by atoms with van der Waals surface area (Å²) in [6, 6.07) is 0. The van der Waals surface area contributed by atoms with Crippen LogP contribution in [0.1, 0.15) is 12.8 Å². The Morgan fingerprint density at radius 3 is 2.40 bits per heavy atom. The molecule has 0 saturated heterocycles. The van der Waals surface area contributed by atoms with Crippen LogP contribution in [-0.4, -0.2) is 24.6 Å². The molecule has 0 aliphatic heterocycles. The topological polar surface area (TPSA) is 54.4 Å². The Morgan fingerprint density at radius 2 is 2.00 bits per heavy atom. The summed E-state index contributed by atoms with van der Waals surface area (Å²) in [4.78, 5) is 0. The van der Waals surface area contributed by atoms with Gasteiger partial charge in [0.25, 0.3) is 10.1 Å². The minimum Gasteiger partial charge on any atom is -0.286 e. The third kappa shape index (κ3) is 8.20. The van der Waals surface area contributed by atoms with Crippen molar-refractivity contribution in [3.63, 3.8) is 0 Å². The van der Waals surface area contributed by atoms with Gasteiger partial charge < -0.3 is 0 Å². The molecule has 3 nitrogen and oxygen atoms in total. The van der Waals surface area contributed by atoms with Crippen LogP contribution in [0.5, 0.6) is 0 Å². The van der Waals surface area contributed by atoms with E-state index in [9.17, 15) is 8.42 Å². The van der Waals surface area contributed by atoms with Crippen LogP contribution in [0.15, 0.2) is 0 Å². The highest BCUT2D eigenvalue weighted by Crippen LogP contribution is 1.97. The maximum Gasteiger partial charge on any atom is 0.264 e. The van der Waals surface area contributed by atoms with Gasteiger partial charge in [0.2, 0.25) is 0 Å². The molecule has 0 spiro atoms. The normalized spacial score (nSPS) is 11.8. The van der Waals surface area contributed by atoms with E-state index in [1.807, 2.05) is 0 Å². The fourth-order valence-corrected chi connectivity index (χ4v) is 1.07. The molecule has 0 rings (SSSR count). The standard InChI is InChI=1S/C5H10ClO3S/c6-4-2-1-3-5-10(7,8)9/h1H,2-5H2,(H,7,8,9). The van der Waals surface area contributed by atoms with Crippen molar-refractivity contribution in [2.45, 2.75) is 12.8 Å². The number of rotatable bonds is 5. The quantitative estimate of drug-likeness (QED) is 0.397. The molecule has 10 heavy (non-hydrogen) atoms. The molecule has 1 radical (unpaired) electrons. The van der Waals surface area contributed by atoms with Crippen LogP contribution in [-0.2, 0) is 10.1 Å². The van der Waals surface area contributed by atoms with Crippen LogP contribution >= 0.6 is 11.6 Å². The summed E-state index contributed by atoms with van der Waals surface area (Å²) in [5, 5.41) is 0. The summed E-state index contributed by atoms with van der Waals surface area (Å²) >= 11 is 5.31. The van der Waals surface area contributed by atoms with Crippen LogP contribution in [0.2, 0.25) is 0 Å². The van der Waals surface area contributed by atoms with Gasteiger partial charge in [-0.15, -0.1) is 11.6 Å². The van der Waals surface area contributed by atoms with E-state index in [1.165, 1.54) is 0 Å². The molecule has 5 heteroatoms. The lowest BCUT2D eigenvalue weighted by molar-refractivity contribution is 0.482. The largest absolute Gasteiger partial charge is 0.286 e. The predicted octanol–water partition coefficient (Wildman–Crippen LogP) is 1.10. The Kier molecular flexibility index (Phi) is 5.03. The first-order valence-electron chi connectivity index (χ1n) is 2.89. The second kappa shape index (κ2) is 4.93. The van der Waals surface area contributed by atoms with Crippen LogP contribution < -0.4 is 0 Å². The maximum absolute atomic E-state index is 10.1. The van der Waals surface area contributed by atoms with Crippen molar-refractivity contribution in [1.29, 1.82) is 0 Å². The van der Waals surface area contributed by atoms with E-state index in [4.69, 9.17) is 16.2 Å². The Balaban J connectivity index is 3.21. The molecular formula is C5H10ClO3S. The Hall–Kier alpha value is 0.200. The molecule has 0 aliphatic carbocycles. The molecule has 0 heterocycles. The van der Waals surface area contributed by atoms with Crippen molar-refractivity contribution in [2.24, 2.45) is 0 Å². The van der Waals surface area contributed by atoms with Gasteiger partial charge in [-0.1, -0.05) is 0 Å². The molecule has 0 aromatic heterocycles. The van der Waals surface area contributed by atoms with Gasteiger partial charge in [-0.25, -0.2) is 0 Å². The monoisotopic (exact) mass is 185 g/mol. The number of alkyl halides is 1. The first-order valence-corrected chi connectivity index (χ1v) is 5.03. The summed E-state index contributed by atoms with van der Waals surface area (Å²) in [5.41, 5.74) is 0. The van der Waals surface area contributed by atoms with Gasteiger partial charge in [-0.2, -0.15) is 8.42 Å². The molecular weight excluding hydrogens is 176 g/mol. The van der Waals surface area contributed by atoms with Gasteiger partial charge in [0.05, 0.1) is 5.75 Å². The van der Waals surface area contributed by atoms with E-state index in [0.29, 0.717) is 18.7 Å². The number of hydrogen-bond acceptors (Lipinski definition) is 2. The zero-order valence-corrected chi connectivity index (χ0v) is 7.03. The van der Waals surface area contributed by atoms with E-state index in [1.54, 1.807) is 6.42 Å². The lowest BCUT2D eigenvalue weighted by atomic mass is 10.3. The Morgan fingerprint density at radius 1 is 1.40 bits per heavy atom. The van der Waals surface area contributed by atoms with Gasteiger partial charge in [-0.3, -0.25) is 4.55 Å². The number of halogens is 1. The first-order chi connectivity index (χ1) is 4.56. The first kappa shape index (κ1) is 10.2. The van der Waals surface area contributed by atoms with E-state index in [-0.39, 0.29) is 5.75 Å². The van der Waals surface area contributed by atoms with Crippen molar-refractivity contribution in [3.05, 3.63) is 6.42 Å². The SMILES string of the molecule is O=S(=O)(O)CC[CH]CCCl. The highest BCUT2D eigenvalue weighted by molar-refractivity contribution is 7.85. The fourth-order valence-electron chi connectivity index (χ4n) is 0.454. The highest BCUT2D eigenvalue weighted by atomic mass is 35.5. The highest BCUT2D eigenvalue weighted by Gasteiger charge is 2.02. The Bertz CT molecular complexity index is 164. The molecule has 0 aromatic carbocycles. The van der Waals surface area contributed by atoms with Crippen molar-refractivity contribution >= 4 is 21.7 Å². The molecule has 0 aromatic rings. The van der Waals surface area contributed by atoms with Gasteiger partial charge >= 0.3 is 0 Å². The Labute approximate surface area is 66.1 Å². The summed E-state index contributed by atoms with van der Waals surface area (Å²) in [6.07, 6.45) is 2.78. The third-order valence-electron chi connectivity index (χ3n) is 0.893. The molecule has 0 aliphatic rings. The smallest absolute Gasteiger partial charge is 0.264 e. The maximum atomic E-state index is 10.1. The van der Waals surface area contributed by atoms with E-state index in [2.05, 4.69) is 0 Å². The molecule has 0 saturated carbocycles. The molecule has 0 atom stereocenters. The van der Waals surface area contributed by atoms with Crippen molar-refractivity contribution in [2.75, 3.05) is 11.6 Å². The van der Waals surface area contributed by atoms with Crippen molar-refractivity contribution in [1.82, 2.24) is 0 Å². The van der Waals surface area contributed by atoms with E-state index < -0.39 is 10.1 Å². The summed E-state index contributed by atoms with van der Waals surface area (Å²) in [7, 11) is -3.78. The van der Waals surface area contributed by atoms with Gasteiger partial charge in [0.15, 0.2) is 0 Å². The van der Waals surface area contributed by atoms with Crippen LogP contribution in [0, 0.1) is 6.42 Å². The zero-order valence-electron chi connectivity index (χ0n) is 5.46. The summed E-state index contributed by atoms with van der Waals surface area (Å²) < 4.78 is 28.4.